The lowest BCUT2D eigenvalue weighted by atomic mass is 10.1. The molecule has 78 valence electrons. The number of hydrogen-bond donors (Lipinski definition) is 1. The summed E-state index contributed by atoms with van der Waals surface area (Å²) in [5.74, 6) is -0.392. The van der Waals surface area contributed by atoms with Gasteiger partial charge in [0, 0.05) is 11.8 Å². The first kappa shape index (κ1) is 11.1. The average Bonchev–Trinajstić information content (AvgIpc) is 2.18. The third-order valence-corrected chi connectivity index (χ3v) is 2.19. The van der Waals surface area contributed by atoms with Gasteiger partial charge in [-0.2, -0.15) is 0 Å². The van der Waals surface area contributed by atoms with E-state index in [0.717, 1.165) is 25.5 Å². The number of halogens is 1. The normalized spacial score (nSPS) is 12.8. The van der Waals surface area contributed by atoms with Crippen molar-refractivity contribution in [2.24, 2.45) is 0 Å². The maximum absolute atomic E-state index is 12.7. The molecule has 1 heterocycles. The Hall–Kier alpha value is -0.960. The molecule has 2 nitrogen and oxygen atoms in total. The van der Waals surface area contributed by atoms with E-state index in [-0.39, 0.29) is 0 Å². The molecule has 0 radical (unpaired) electrons. The Kier molecular flexibility index (Phi) is 4.53. The number of hydrogen-bond acceptors (Lipinski definition) is 2. The Morgan fingerprint density at radius 2 is 2.21 bits per heavy atom. The van der Waals surface area contributed by atoms with Crippen molar-refractivity contribution in [2.75, 3.05) is 0 Å². The molecule has 0 saturated carbocycles. The molecule has 0 fully saturated rings. The first-order chi connectivity index (χ1) is 6.74. The minimum Gasteiger partial charge on any atom is -0.388 e. The summed E-state index contributed by atoms with van der Waals surface area (Å²) in [6.07, 6.45) is 5.94. The van der Waals surface area contributed by atoms with Gasteiger partial charge in [0.2, 0.25) is 0 Å². The molecule has 0 saturated heterocycles. The summed E-state index contributed by atoms with van der Waals surface area (Å²) in [5.41, 5.74) is 0.570. The van der Waals surface area contributed by atoms with Gasteiger partial charge in [-0.1, -0.05) is 26.2 Å². The van der Waals surface area contributed by atoms with E-state index in [0.29, 0.717) is 12.0 Å². The first-order valence-corrected chi connectivity index (χ1v) is 5.02. The number of unbranched alkanes of at least 4 members (excludes halogenated alkanes) is 2. The molecule has 1 atom stereocenters. The smallest absolute Gasteiger partial charge is 0.141 e. The number of aliphatic hydroxyl groups excluding tert-OH is 1. The highest BCUT2D eigenvalue weighted by atomic mass is 19.1. The molecular formula is C11H16FNO. The number of aliphatic hydroxyl groups is 1. The van der Waals surface area contributed by atoms with E-state index in [1.165, 1.54) is 12.3 Å². The van der Waals surface area contributed by atoms with Gasteiger partial charge < -0.3 is 5.11 Å². The number of aromatic nitrogens is 1. The van der Waals surface area contributed by atoms with Crippen molar-refractivity contribution in [1.29, 1.82) is 0 Å². The van der Waals surface area contributed by atoms with Crippen molar-refractivity contribution in [3.8, 4) is 0 Å². The Morgan fingerprint density at radius 3 is 2.86 bits per heavy atom. The van der Waals surface area contributed by atoms with E-state index in [9.17, 15) is 9.50 Å². The minimum absolute atomic E-state index is 0.392. The van der Waals surface area contributed by atoms with E-state index in [1.54, 1.807) is 0 Å². The second kappa shape index (κ2) is 5.70. The Morgan fingerprint density at radius 1 is 1.43 bits per heavy atom. The molecule has 1 N–H and O–H groups in total. The fourth-order valence-electron chi connectivity index (χ4n) is 1.36. The van der Waals surface area contributed by atoms with Crippen LogP contribution in [-0.2, 0) is 0 Å². The molecule has 0 bridgehead atoms. The molecular weight excluding hydrogens is 181 g/mol. The molecule has 3 heteroatoms. The van der Waals surface area contributed by atoms with Crippen molar-refractivity contribution in [3.05, 3.63) is 29.8 Å². The van der Waals surface area contributed by atoms with Gasteiger partial charge in [-0.15, -0.1) is 0 Å². The van der Waals surface area contributed by atoms with Gasteiger partial charge in [0.15, 0.2) is 0 Å². The fourth-order valence-corrected chi connectivity index (χ4v) is 1.36. The van der Waals surface area contributed by atoms with Crippen LogP contribution in [0.15, 0.2) is 18.5 Å². The van der Waals surface area contributed by atoms with Crippen LogP contribution >= 0.6 is 0 Å². The van der Waals surface area contributed by atoms with Gasteiger partial charge in [-0.05, 0) is 12.5 Å². The lowest BCUT2D eigenvalue weighted by Gasteiger charge is -2.09. The number of pyridine rings is 1. The third kappa shape index (κ3) is 3.42. The van der Waals surface area contributed by atoms with Crippen LogP contribution in [0.2, 0.25) is 0 Å². The van der Waals surface area contributed by atoms with Gasteiger partial charge in [-0.25, -0.2) is 4.39 Å². The lowest BCUT2D eigenvalue weighted by Crippen LogP contribution is -1.98. The highest BCUT2D eigenvalue weighted by Crippen LogP contribution is 2.19. The summed E-state index contributed by atoms with van der Waals surface area (Å²) in [7, 11) is 0. The zero-order valence-corrected chi connectivity index (χ0v) is 8.41. The second-order valence-corrected chi connectivity index (χ2v) is 3.45. The molecule has 0 aliphatic carbocycles. The Labute approximate surface area is 83.8 Å². The van der Waals surface area contributed by atoms with Gasteiger partial charge in [0.25, 0.3) is 0 Å². The van der Waals surface area contributed by atoms with Crippen molar-refractivity contribution < 1.29 is 9.50 Å². The van der Waals surface area contributed by atoms with Crippen LogP contribution in [-0.4, -0.2) is 10.1 Å². The van der Waals surface area contributed by atoms with E-state index in [4.69, 9.17) is 0 Å². The van der Waals surface area contributed by atoms with Crippen LogP contribution in [0.4, 0.5) is 4.39 Å². The van der Waals surface area contributed by atoms with Gasteiger partial charge >= 0.3 is 0 Å². The van der Waals surface area contributed by atoms with Crippen molar-refractivity contribution in [3.63, 3.8) is 0 Å². The van der Waals surface area contributed by atoms with E-state index in [2.05, 4.69) is 11.9 Å². The van der Waals surface area contributed by atoms with Crippen molar-refractivity contribution >= 4 is 0 Å². The molecule has 0 aliphatic rings. The first-order valence-electron chi connectivity index (χ1n) is 5.02. The molecule has 0 amide bonds. The number of rotatable bonds is 5. The zero-order valence-electron chi connectivity index (χ0n) is 8.41. The van der Waals surface area contributed by atoms with Gasteiger partial charge in [0.1, 0.15) is 5.82 Å². The summed E-state index contributed by atoms with van der Waals surface area (Å²) < 4.78 is 12.7. The lowest BCUT2D eigenvalue weighted by molar-refractivity contribution is 0.162. The number of nitrogens with zero attached hydrogens (tertiary/aromatic N) is 1. The summed E-state index contributed by atoms with van der Waals surface area (Å²) in [4.78, 5) is 3.70. The Bertz CT molecular complexity index is 278. The van der Waals surface area contributed by atoms with E-state index < -0.39 is 11.9 Å². The van der Waals surface area contributed by atoms with Crippen LogP contribution in [0.25, 0.3) is 0 Å². The molecule has 1 aromatic rings. The molecule has 1 aromatic heterocycles. The highest BCUT2D eigenvalue weighted by Gasteiger charge is 2.07. The summed E-state index contributed by atoms with van der Waals surface area (Å²) >= 11 is 0. The predicted octanol–water partition coefficient (Wildman–Crippen LogP) is 2.83. The topological polar surface area (TPSA) is 33.1 Å². The molecule has 0 aliphatic heterocycles. The van der Waals surface area contributed by atoms with Crippen LogP contribution in [0, 0.1) is 5.82 Å². The molecule has 0 aromatic carbocycles. The largest absolute Gasteiger partial charge is 0.388 e. The van der Waals surface area contributed by atoms with Crippen LogP contribution < -0.4 is 0 Å². The Balaban J connectivity index is 2.47. The van der Waals surface area contributed by atoms with E-state index in [1.807, 2.05) is 0 Å². The molecule has 1 rings (SSSR count). The summed E-state index contributed by atoms with van der Waals surface area (Å²) in [6, 6.07) is 1.34. The summed E-state index contributed by atoms with van der Waals surface area (Å²) in [5, 5.41) is 9.66. The summed E-state index contributed by atoms with van der Waals surface area (Å²) in [6.45, 7) is 2.11. The predicted molar refractivity (Wildman–Crippen MR) is 53.3 cm³/mol. The average molecular weight is 197 g/mol. The minimum atomic E-state index is -0.579. The zero-order chi connectivity index (χ0) is 10.4. The standard InChI is InChI=1S/C11H16FNO/c1-2-3-4-5-11(14)9-6-10(12)8-13-7-9/h6-8,11,14H,2-5H2,1H3. The molecule has 1 unspecified atom stereocenters. The van der Waals surface area contributed by atoms with Crippen LogP contribution in [0.5, 0.6) is 0 Å². The van der Waals surface area contributed by atoms with Crippen molar-refractivity contribution in [1.82, 2.24) is 4.98 Å². The van der Waals surface area contributed by atoms with E-state index >= 15 is 0 Å². The van der Waals surface area contributed by atoms with Crippen LogP contribution in [0.1, 0.15) is 44.3 Å². The van der Waals surface area contributed by atoms with Crippen LogP contribution in [0.3, 0.4) is 0 Å². The molecule has 14 heavy (non-hydrogen) atoms. The fraction of sp³-hybridized carbons (Fsp3) is 0.545. The van der Waals surface area contributed by atoms with Gasteiger partial charge in [-0.3, -0.25) is 4.98 Å². The second-order valence-electron chi connectivity index (χ2n) is 3.45. The van der Waals surface area contributed by atoms with Gasteiger partial charge in [0.05, 0.1) is 12.3 Å². The quantitative estimate of drug-likeness (QED) is 0.736. The maximum atomic E-state index is 12.7. The maximum Gasteiger partial charge on any atom is 0.141 e. The third-order valence-electron chi connectivity index (χ3n) is 2.19. The highest BCUT2D eigenvalue weighted by molar-refractivity contribution is 5.12. The SMILES string of the molecule is CCCCCC(O)c1cncc(F)c1. The molecule has 0 spiro atoms. The van der Waals surface area contributed by atoms with Crippen molar-refractivity contribution in [2.45, 2.75) is 38.7 Å². The monoisotopic (exact) mass is 197 g/mol.